The van der Waals surface area contributed by atoms with E-state index in [0.717, 1.165) is 29.8 Å². The van der Waals surface area contributed by atoms with Crippen molar-refractivity contribution in [1.29, 1.82) is 0 Å². The van der Waals surface area contributed by atoms with Crippen molar-refractivity contribution in [3.8, 4) is 0 Å². The molecule has 20 heavy (non-hydrogen) atoms. The summed E-state index contributed by atoms with van der Waals surface area (Å²) in [6, 6.07) is 5.68. The van der Waals surface area contributed by atoms with Crippen molar-refractivity contribution in [2.24, 2.45) is 5.92 Å². The maximum Gasteiger partial charge on any atom is 0.328 e. The number of hydrogen-bond acceptors (Lipinski definition) is 2. The fourth-order valence-corrected chi connectivity index (χ4v) is 3.09. The zero-order valence-electron chi connectivity index (χ0n) is 11.7. The summed E-state index contributed by atoms with van der Waals surface area (Å²) in [6.07, 6.45) is 7.91. The first-order valence-corrected chi connectivity index (χ1v) is 7.36. The van der Waals surface area contributed by atoms with Crippen LogP contribution in [0.3, 0.4) is 0 Å². The Balaban J connectivity index is 2.20. The first-order valence-electron chi connectivity index (χ1n) is 6.98. The number of benzene rings is 1. The Morgan fingerprint density at radius 3 is 2.80 bits per heavy atom. The van der Waals surface area contributed by atoms with E-state index in [9.17, 15) is 4.79 Å². The molecule has 0 spiro atoms. The van der Waals surface area contributed by atoms with Crippen molar-refractivity contribution in [1.82, 2.24) is 0 Å². The molecule has 4 heteroatoms. The monoisotopic (exact) mass is 293 g/mol. The molecule has 0 aliphatic heterocycles. The summed E-state index contributed by atoms with van der Waals surface area (Å²) in [5.41, 5.74) is 1.76. The van der Waals surface area contributed by atoms with Gasteiger partial charge in [-0.3, -0.25) is 0 Å². The Morgan fingerprint density at radius 1 is 1.45 bits per heavy atom. The molecule has 0 unspecified atom stereocenters. The number of carboxylic acid groups (broad SMARTS) is 1. The second-order valence-corrected chi connectivity index (χ2v) is 5.78. The second-order valence-electron chi connectivity index (χ2n) is 5.38. The molecule has 0 heterocycles. The first-order chi connectivity index (χ1) is 9.58. The predicted molar refractivity (Wildman–Crippen MR) is 83.3 cm³/mol. The molecule has 1 aromatic rings. The van der Waals surface area contributed by atoms with Gasteiger partial charge in [0.1, 0.15) is 0 Å². The molecule has 1 aliphatic carbocycles. The lowest BCUT2D eigenvalue weighted by atomic mass is 10.1. The summed E-state index contributed by atoms with van der Waals surface area (Å²) >= 11 is 6.20. The van der Waals surface area contributed by atoms with Gasteiger partial charge in [-0.15, -0.1) is 0 Å². The van der Waals surface area contributed by atoms with Crippen LogP contribution in [0.1, 0.15) is 31.2 Å². The van der Waals surface area contributed by atoms with Gasteiger partial charge in [0.25, 0.3) is 0 Å². The van der Waals surface area contributed by atoms with Crippen LogP contribution >= 0.6 is 11.6 Å². The summed E-state index contributed by atoms with van der Waals surface area (Å²) in [6.45, 7) is 0.994. The fourth-order valence-electron chi connectivity index (χ4n) is 2.86. The number of halogens is 1. The Hall–Kier alpha value is -1.48. The summed E-state index contributed by atoms with van der Waals surface area (Å²) in [5.74, 6) is -0.232. The number of aliphatic carboxylic acids is 1. The minimum absolute atomic E-state index is 0.582. The largest absolute Gasteiger partial charge is 0.478 e. The van der Waals surface area contributed by atoms with Crippen LogP contribution in [0.5, 0.6) is 0 Å². The maximum atomic E-state index is 10.7. The number of nitrogens with zero attached hydrogens (tertiary/aromatic N) is 1. The third-order valence-electron chi connectivity index (χ3n) is 3.84. The Morgan fingerprint density at radius 2 is 2.15 bits per heavy atom. The topological polar surface area (TPSA) is 40.5 Å². The zero-order chi connectivity index (χ0) is 14.5. The van der Waals surface area contributed by atoms with E-state index >= 15 is 0 Å². The molecular formula is C16H20ClNO2. The molecule has 0 atom stereocenters. The van der Waals surface area contributed by atoms with Crippen LogP contribution in [-0.4, -0.2) is 24.7 Å². The van der Waals surface area contributed by atoms with Crippen molar-refractivity contribution >= 4 is 29.3 Å². The third kappa shape index (κ3) is 3.76. The SMILES string of the molecule is CN(CC1CCCC1)c1cccc(Cl)c1C=CC(=O)O. The quantitative estimate of drug-likeness (QED) is 0.832. The van der Waals surface area contributed by atoms with Crippen LogP contribution in [0.2, 0.25) is 5.02 Å². The fraction of sp³-hybridized carbons (Fsp3) is 0.438. The van der Waals surface area contributed by atoms with Crippen LogP contribution in [0.4, 0.5) is 5.69 Å². The van der Waals surface area contributed by atoms with E-state index in [1.54, 1.807) is 12.1 Å². The van der Waals surface area contributed by atoms with Crippen molar-refractivity contribution in [3.05, 3.63) is 34.9 Å². The molecule has 108 valence electrons. The average molecular weight is 294 g/mol. The zero-order valence-corrected chi connectivity index (χ0v) is 12.4. The molecule has 0 saturated heterocycles. The van der Waals surface area contributed by atoms with Gasteiger partial charge >= 0.3 is 5.97 Å². The van der Waals surface area contributed by atoms with E-state index in [-0.39, 0.29) is 0 Å². The van der Waals surface area contributed by atoms with Gasteiger partial charge in [-0.05, 0) is 37.0 Å². The van der Waals surface area contributed by atoms with Crippen molar-refractivity contribution in [3.63, 3.8) is 0 Å². The molecule has 1 fully saturated rings. The highest BCUT2D eigenvalue weighted by Crippen LogP contribution is 2.31. The normalized spacial score (nSPS) is 15.9. The van der Waals surface area contributed by atoms with E-state index in [2.05, 4.69) is 4.90 Å². The van der Waals surface area contributed by atoms with Gasteiger partial charge in [0.15, 0.2) is 0 Å². The summed E-state index contributed by atoms with van der Waals surface area (Å²) in [4.78, 5) is 12.9. The van der Waals surface area contributed by atoms with Gasteiger partial charge in [-0.25, -0.2) is 4.79 Å². The van der Waals surface area contributed by atoms with E-state index in [4.69, 9.17) is 16.7 Å². The van der Waals surface area contributed by atoms with Gasteiger partial charge in [0.05, 0.1) is 0 Å². The summed E-state index contributed by atoms with van der Waals surface area (Å²) < 4.78 is 0. The van der Waals surface area contributed by atoms with E-state index in [0.29, 0.717) is 5.02 Å². The molecule has 0 radical (unpaired) electrons. The molecule has 1 N–H and O–H groups in total. The molecule has 2 rings (SSSR count). The lowest BCUT2D eigenvalue weighted by molar-refractivity contribution is -0.131. The Labute approximate surface area is 124 Å². The van der Waals surface area contributed by atoms with Crippen molar-refractivity contribution < 1.29 is 9.90 Å². The molecule has 1 aliphatic rings. The smallest absolute Gasteiger partial charge is 0.328 e. The van der Waals surface area contributed by atoms with Crippen molar-refractivity contribution in [2.45, 2.75) is 25.7 Å². The van der Waals surface area contributed by atoms with Gasteiger partial charge in [-0.1, -0.05) is 30.5 Å². The van der Waals surface area contributed by atoms with Crippen molar-refractivity contribution in [2.75, 3.05) is 18.5 Å². The van der Waals surface area contributed by atoms with Gasteiger partial charge < -0.3 is 10.0 Å². The van der Waals surface area contributed by atoms with E-state index in [1.165, 1.54) is 25.7 Å². The number of anilines is 1. The lowest BCUT2D eigenvalue weighted by Crippen LogP contribution is -2.24. The van der Waals surface area contributed by atoms with Gasteiger partial charge in [0.2, 0.25) is 0 Å². The lowest BCUT2D eigenvalue weighted by Gasteiger charge is -2.25. The number of hydrogen-bond donors (Lipinski definition) is 1. The highest BCUT2D eigenvalue weighted by atomic mass is 35.5. The highest BCUT2D eigenvalue weighted by molar-refractivity contribution is 6.32. The maximum absolute atomic E-state index is 10.7. The first kappa shape index (κ1) is 14.9. The van der Waals surface area contributed by atoms with Crippen LogP contribution in [0.15, 0.2) is 24.3 Å². The highest BCUT2D eigenvalue weighted by Gasteiger charge is 2.18. The molecule has 1 saturated carbocycles. The minimum Gasteiger partial charge on any atom is -0.478 e. The number of carbonyl (C=O) groups is 1. The second kappa shape index (κ2) is 6.80. The molecule has 0 aromatic heterocycles. The minimum atomic E-state index is -0.964. The molecular weight excluding hydrogens is 274 g/mol. The van der Waals surface area contributed by atoms with Gasteiger partial charge in [0, 0.05) is 35.9 Å². The van der Waals surface area contributed by atoms with Gasteiger partial charge in [-0.2, -0.15) is 0 Å². The van der Waals surface area contributed by atoms with Crippen LogP contribution in [0.25, 0.3) is 6.08 Å². The standard InChI is InChI=1S/C16H20ClNO2/c1-18(11-12-5-2-3-6-12)15-8-4-7-14(17)13(15)9-10-16(19)20/h4,7-10,12H,2-3,5-6,11H2,1H3,(H,19,20). The van der Waals surface area contributed by atoms with E-state index < -0.39 is 5.97 Å². The Kier molecular flexibility index (Phi) is 5.07. The third-order valence-corrected chi connectivity index (χ3v) is 4.17. The van der Waals surface area contributed by atoms with E-state index in [1.807, 2.05) is 19.2 Å². The number of carboxylic acids is 1. The van der Waals surface area contributed by atoms with Crippen LogP contribution in [0, 0.1) is 5.92 Å². The molecule has 0 bridgehead atoms. The number of rotatable bonds is 5. The van der Waals surface area contributed by atoms with Crippen LogP contribution in [-0.2, 0) is 4.79 Å². The predicted octanol–water partition coefficient (Wildman–Crippen LogP) is 4.06. The average Bonchev–Trinajstić information content (AvgIpc) is 2.89. The molecule has 0 amide bonds. The Bertz CT molecular complexity index is 507. The van der Waals surface area contributed by atoms with Crippen LogP contribution < -0.4 is 4.90 Å². The summed E-state index contributed by atoms with van der Waals surface area (Å²) in [7, 11) is 2.04. The molecule has 1 aromatic carbocycles. The molecule has 3 nitrogen and oxygen atoms in total. The summed E-state index contributed by atoms with van der Waals surface area (Å²) in [5, 5.41) is 9.36.